The van der Waals surface area contributed by atoms with Crippen molar-refractivity contribution >= 4 is 11.5 Å². The molecule has 3 heterocycles. The number of anilines is 1. The number of rotatable bonds is 1. The van der Waals surface area contributed by atoms with E-state index in [0.717, 1.165) is 17.1 Å². The summed E-state index contributed by atoms with van der Waals surface area (Å²) in [6.07, 6.45) is 0. The summed E-state index contributed by atoms with van der Waals surface area (Å²) in [6.45, 7) is 5.98. The Morgan fingerprint density at radius 3 is 2.61 bits per heavy atom. The van der Waals surface area contributed by atoms with E-state index in [9.17, 15) is 0 Å². The second-order valence-electron chi connectivity index (χ2n) is 4.62. The van der Waals surface area contributed by atoms with Crippen LogP contribution in [0.15, 0.2) is 28.7 Å². The Kier molecular flexibility index (Phi) is 2.20. The first kappa shape index (κ1) is 10.9. The molecule has 4 nitrogen and oxygen atoms in total. The minimum Gasteiger partial charge on any atom is -0.460 e. The summed E-state index contributed by atoms with van der Waals surface area (Å²) in [6, 6.07) is 7.91. The van der Waals surface area contributed by atoms with E-state index in [1.165, 1.54) is 5.56 Å². The number of aromatic nitrogens is 2. The van der Waals surface area contributed by atoms with E-state index in [0.29, 0.717) is 17.3 Å². The zero-order valence-electron chi connectivity index (χ0n) is 10.7. The first-order chi connectivity index (χ1) is 8.56. The highest BCUT2D eigenvalue weighted by Crippen LogP contribution is 2.29. The summed E-state index contributed by atoms with van der Waals surface area (Å²) >= 11 is 0. The van der Waals surface area contributed by atoms with Gasteiger partial charge in [0.1, 0.15) is 22.9 Å². The first-order valence-electron chi connectivity index (χ1n) is 5.88. The Morgan fingerprint density at radius 2 is 1.94 bits per heavy atom. The van der Waals surface area contributed by atoms with Crippen LogP contribution in [0.25, 0.3) is 17.1 Å². The van der Waals surface area contributed by atoms with Crippen LogP contribution in [0.4, 0.5) is 5.82 Å². The van der Waals surface area contributed by atoms with Gasteiger partial charge in [-0.25, -0.2) is 4.98 Å². The molecule has 0 saturated carbocycles. The number of hydrogen-bond donors (Lipinski definition) is 1. The fourth-order valence-electron chi connectivity index (χ4n) is 2.30. The summed E-state index contributed by atoms with van der Waals surface area (Å²) in [5.41, 5.74) is 9.98. The van der Waals surface area contributed by atoms with Crippen LogP contribution in [0, 0.1) is 20.8 Å². The summed E-state index contributed by atoms with van der Waals surface area (Å²) in [5, 5.41) is 0. The molecule has 3 aromatic rings. The molecule has 3 rings (SSSR count). The number of fused-ring (bicyclic) bond motifs is 1. The van der Waals surface area contributed by atoms with Crippen LogP contribution in [0.3, 0.4) is 0 Å². The van der Waals surface area contributed by atoms with Gasteiger partial charge in [-0.1, -0.05) is 0 Å². The van der Waals surface area contributed by atoms with E-state index in [2.05, 4.69) is 18.0 Å². The maximum atomic E-state index is 6.17. The van der Waals surface area contributed by atoms with Crippen molar-refractivity contribution in [1.82, 2.24) is 9.38 Å². The summed E-state index contributed by atoms with van der Waals surface area (Å²) in [4.78, 5) is 4.56. The molecule has 2 N–H and O–H groups in total. The summed E-state index contributed by atoms with van der Waals surface area (Å²) < 4.78 is 7.54. The van der Waals surface area contributed by atoms with Crippen LogP contribution in [0.1, 0.15) is 17.0 Å². The smallest absolute Gasteiger partial charge is 0.156 e. The zero-order chi connectivity index (χ0) is 12.9. The lowest BCUT2D eigenvalue weighted by atomic mass is 10.2. The van der Waals surface area contributed by atoms with Gasteiger partial charge in [0.15, 0.2) is 5.76 Å². The molecule has 0 aliphatic rings. The van der Waals surface area contributed by atoms with Crippen molar-refractivity contribution in [3.8, 4) is 11.5 Å². The molecule has 0 fully saturated rings. The number of imidazole rings is 1. The highest BCUT2D eigenvalue weighted by Gasteiger charge is 2.15. The van der Waals surface area contributed by atoms with E-state index >= 15 is 0 Å². The zero-order valence-corrected chi connectivity index (χ0v) is 10.7. The molecule has 0 aliphatic heterocycles. The lowest BCUT2D eigenvalue weighted by Gasteiger charge is -2.03. The molecule has 0 bridgehead atoms. The van der Waals surface area contributed by atoms with Crippen LogP contribution in [0.2, 0.25) is 0 Å². The van der Waals surface area contributed by atoms with Crippen molar-refractivity contribution in [1.29, 1.82) is 0 Å². The maximum Gasteiger partial charge on any atom is 0.156 e. The normalized spacial score (nSPS) is 11.3. The fourth-order valence-corrected chi connectivity index (χ4v) is 2.30. The molecule has 4 heteroatoms. The Bertz CT molecular complexity index is 737. The van der Waals surface area contributed by atoms with Gasteiger partial charge in [-0.3, -0.25) is 4.40 Å². The standard InChI is InChI=1S/C14H15N3O/c1-8-6-9(2)17-12(7-8)16-13(14(17)15)11-5-4-10(3)18-11/h4-7H,15H2,1-3H3. The van der Waals surface area contributed by atoms with Crippen LogP contribution >= 0.6 is 0 Å². The predicted molar refractivity (Wildman–Crippen MR) is 71.5 cm³/mol. The lowest BCUT2D eigenvalue weighted by Crippen LogP contribution is -1.98. The largest absolute Gasteiger partial charge is 0.460 e. The van der Waals surface area contributed by atoms with Crippen molar-refractivity contribution in [2.75, 3.05) is 5.73 Å². The minimum absolute atomic E-state index is 0.622. The number of hydrogen-bond acceptors (Lipinski definition) is 3. The van der Waals surface area contributed by atoms with Crippen LogP contribution in [-0.4, -0.2) is 9.38 Å². The van der Waals surface area contributed by atoms with E-state index < -0.39 is 0 Å². The summed E-state index contributed by atoms with van der Waals surface area (Å²) in [5.74, 6) is 2.19. The van der Waals surface area contributed by atoms with Gasteiger partial charge >= 0.3 is 0 Å². The van der Waals surface area contributed by atoms with Crippen molar-refractivity contribution in [3.63, 3.8) is 0 Å². The number of aryl methyl sites for hydroxylation is 3. The molecular formula is C14H15N3O. The van der Waals surface area contributed by atoms with Gasteiger partial charge in [0.05, 0.1) is 0 Å². The van der Waals surface area contributed by atoms with Crippen molar-refractivity contribution in [2.45, 2.75) is 20.8 Å². The highest BCUT2D eigenvalue weighted by atomic mass is 16.3. The van der Waals surface area contributed by atoms with Crippen LogP contribution in [-0.2, 0) is 0 Å². The van der Waals surface area contributed by atoms with Gasteiger partial charge in [-0.2, -0.15) is 0 Å². The van der Waals surface area contributed by atoms with E-state index in [4.69, 9.17) is 10.2 Å². The Hall–Kier alpha value is -2.23. The maximum absolute atomic E-state index is 6.17. The van der Waals surface area contributed by atoms with Gasteiger partial charge in [0, 0.05) is 5.69 Å². The predicted octanol–water partition coefficient (Wildman–Crippen LogP) is 3.10. The molecule has 18 heavy (non-hydrogen) atoms. The minimum atomic E-state index is 0.622. The third-order valence-electron chi connectivity index (χ3n) is 3.06. The van der Waals surface area contributed by atoms with Gasteiger partial charge in [0.25, 0.3) is 0 Å². The molecule has 0 aliphatic carbocycles. The second kappa shape index (κ2) is 3.63. The molecular weight excluding hydrogens is 226 g/mol. The number of pyridine rings is 1. The van der Waals surface area contributed by atoms with Gasteiger partial charge in [-0.15, -0.1) is 0 Å². The molecule has 0 aromatic carbocycles. The molecule has 0 radical (unpaired) electrons. The first-order valence-corrected chi connectivity index (χ1v) is 5.88. The van der Waals surface area contributed by atoms with Gasteiger partial charge in [0.2, 0.25) is 0 Å². The third kappa shape index (κ3) is 1.49. The SMILES string of the molecule is Cc1cc(C)n2c(N)c(-c3ccc(C)o3)nc2c1. The number of nitrogens with zero attached hydrogens (tertiary/aromatic N) is 2. The molecule has 0 unspecified atom stereocenters. The Morgan fingerprint density at radius 1 is 1.17 bits per heavy atom. The average molecular weight is 241 g/mol. The Labute approximate surface area is 105 Å². The molecule has 0 amide bonds. The van der Waals surface area contributed by atoms with Gasteiger partial charge < -0.3 is 10.2 Å². The van der Waals surface area contributed by atoms with Gasteiger partial charge in [-0.05, 0) is 50.6 Å². The third-order valence-corrected chi connectivity index (χ3v) is 3.06. The average Bonchev–Trinajstić information content (AvgIpc) is 2.83. The van der Waals surface area contributed by atoms with Crippen LogP contribution in [0.5, 0.6) is 0 Å². The Balaban J connectivity index is 2.32. The van der Waals surface area contributed by atoms with Crippen molar-refractivity contribution in [3.05, 3.63) is 41.3 Å². The molecule has 92 valence electrons. The quantitative estimate of drug-likeness (QED) is 0.712. The van der Waals surface area contributed by atoms with Crippen LogP contribution < -0.4 is 5.73 Å². The second-order valence-corrected chi connectivity index (χ2v) is 4.62. The number of nitrogens with two attached hydrogens (primary N) is 1. The number of furan rings is 1. The number of nitrogen functional groups attached to an aromatic ring is 1. The van der Waals surface area contributed by atoms with E-state index in [1.54, 1.807) is 0 Å². The van der Waals surface area contributed by atoms with E-state index in [-0.39, 0.29) is 0 Å². The van der Waals surface area contributed by atoms with Crippen molar-refractivity contribution < 1.29 is 4.42 Å². The highest BCUT2D eigenvalue weighted by molar-refractivity contribution is 5.72. The fraction of sp³-hybridized carbons (Fsp3) is 0.214. The lowest BCUT2D eigenvalue weighted by molar-refractivity contribution is 0.547. The molecule has 0 atom stereocenters. The molecule has 0 saturated heterocycles. The topological polar surface area (TPSA) is 56.5 Å². The molecule has 0 spiro atoms. The van der Waals surface area contributed by atoms with E-state index in [1.807, 2.05) is 36.4 Å². The monoisotopic (exact) mass is 241 g/mol. The summed E-state index contributed by atoms with van der Waals surface area (Å²) in [7, 11) is 0. The molecule has 3 aromatic heterocycles. The van der Waals surface area contributed by atoms with Crippen molar-refractivity contribution in [2.24, 2.45) is 0 Å².